The first kappa shape index (κ1) is 10.9. The number of anilines is 1. The predicted octanol–water partition coefficient (Wildman–Crippen LogP) is 2.39. The Morgan fingerprint density at radius 3 is 2.94 bits per heavy atom. The van der Waals surface area contributed by atoms with Gasteiger partial charge in [-0.15, -0.1) is 0 Å². The number of fused-ring (bicyclic) bond motifs is 1. The molecular formula is C14H20N2O. The molecule has 1 aromatic rings. The number of hydrogen-bond acceptors (Lipinski definition) is 3. The van der Waals surface area contributed by atoms with Crippen molar-refractivity contribution in [2.45, 2.75) is 25.2 Å². The second-order valence-corrected chi connectivity index (χ2v) is 5.19. The zero-order chi connectivity index (χ0) is 11.7. The summed E-state index contributed by atoms with van der Waals surface area (Å²) in [5, 5.41) is 12.9. The predicted molar refractivity (Wildman–Crippen MR) is 69.6 cm³/mol. The first-order chi connectivity index (χ1) is 8.33. The van der Waals surface area contributed by atoms with E-state index in [1.165, 1.54) is 44.5 Å². The minimum atomic E-state index is 0.359. The van der Waals surface area contributed by atoms with Gasteiger partial charge in [0.05, 0.1) is 0 Å². The average Bonchev–Trinajstić information content (AvgIpc) is 2.82. The highest BCUT2D eigenvalue weighted by molar-refractivity contribution is 5.58. The van der Waals surface area contributed by atoms with Gasteiger partial charge in [0.25, 0.3) is 0 Å². The Kier molecular flexibility index (Phi) is 2.93. The normalized spacial score (nSPS) is 24.4. The van der Waals surface area contributed by atoms with Crippen LogP contribution in [0.5, 0.6) is 5.75 Å². The lowest BCUT2D eigenvalue weighted by molar-refractivity contribution is 0.307. The van der Waals surface area contributed by atoms with Gasteiger partial charge in [0, 0.05) is 30.8 Å². The van der Waals surface area contributed by atoms with Crippen LogP contribution in [0.3, 0.4) is 0 Å². The van der Waals surface area contributed by atoms with Crippen LogP contribution < -0.4 is 5.32 Å². The number of nitrogens with one attached hydrogen (secondary N) is 1. The fourth-order valence-corrected chi connectivity index (χ4v) is 3.06. The SMILES string of the molecule is Oc1ccc2c(c1)NCCC2CN1CCCC1. The minimum absolute atomic E-state index is 0.359. The van der Waals surface area contributed by atoms with Crippen LogP contribution in [0.15, 0.2) is 18.2 Å². The Bertz CT molecular complexity index is 399. The van der Waals surface area contributed by atoms with E-state index >= 15 is 0 Å². The Labute approximate surface area is 102 Å². The van der Waals surface area contributed by atoms with E-state index in [9.17, 15) is 5.11 Å². The summed E-state index contributed by atoms with van der Waals surface area (Å²) in [5.74, 6) is 0.989. The monoisotopic (exact) mass is 232 g/mol. The topological polar surface area (TPSA) is 35.5 Å². The van der Waals surface area contributed by atoms with Crippen molar-refractivity contribution in [3.63, 3.8) is 0 Å². The Morgan fingerprint density at radius 1 is 1.29 bits per heavy atom. The summed E-state index contributed by atoms with van der Waals surface area (Å²) in [6.07, 6.45) is 3.91. The molecule has 2 aliphatic heterocycles. The van der Waals surface area contributed by atoms with Gasteiger partial charge in [-0.3, -0.25) is 0 Å². The lowest BCUT2D eigenvalue weighted by Gasteiger charge is -2.30. The van der Waals surface area contributed by atoms with Gasteiger partial charge < -0.3 is 15.3 Å². The van der Waals surface area contributed by atoms with Crippen molar-refractivity contribution >= 4 is 5.69 Å². The molecule has 1 atom stereocenters. The van der Waals surface area contributed by atoms with Crippen molar-refractivity contribution in [3.05, 3.63) is 23.8 Å². The van der Waals surface area contributed by atoms with E-state index < -0.39 is 0 Å². The molecule has 0 amide bonds. The zero-order valence-electron chi connectivity index (χ0n) is 10.2. The number of hydrogen-bond donors (Lipinski definition) is 2. The van der Waals surface area contributed by atoms with E-state index in [2.05, 4.69) is 16.3 Å². The molecule has 17 heavy (non-hydrogen) atoms. The summed E-state index contributed by atoms with van der Waals surface area (Å²) in [4.78, 5) is 2.58. The van der Waals surface area contributed by atoms with Gasteiger partial charge in [0.2, 0.25) is 0 Å². The molecule has 1 saturated heterocycles. The van der Waals surface area contributed by atoms with Crippen LogP contribution in [0, 0.1) is 0 Å². The van der Waals surface area contributed by atoms with E-state index in [1.54, 1.807) is 0 Å². The molecule has 1 unspecified atom stereocenters. The highest BCUT2D eigenvalue weighted by Gasteiger charge is 2.23. The van der Waals surface area contributed by atoms with Crippen LogP contribution in [0.25, 0.3) is 0 Å². The Morgan fingerprint density at radius 2 is 2.12 bits per heavy atom. The van der Waals surface area contributed by atoms with Crippen molar-refractivity contribution in [2.24, 2.45) is 0 Å². The molecule has 1 aromatic carbocycles. The van der Waals surface area contributed by atoms with Gasteiger partial charge >= 0.3 is 0 Å². The smallest absolute Gasteiger partial charge is 0.117 e. The third-order valence-electron chi connectivity index (χ3n) is 3.96. The maximum Gasteiger partial charge on any atom is 0.117 e. The molecule has 0 saturated carbocycles. The lowest BCUT2D eigenvalue weighted by Crippen LogP contribution is -2.29. The maximum absolute atomic E-state index is 9.51. The molecule has 2 aliphatic rings. The number of phenols is 1. The van der Waals surface area contributed by atoms with E-state index in [-0.39, 0.29) is 0 Å². The van der Waals surface area contributed by atoms with Gasteiger partial charge in [-0.2, -0.15) is 0 Å². The fraction of sp³-hybridized carbons (Fsp3) is 0.571. The standard InChI is InChI=1S/C14H20N2O/c17-12-3-4-13-11(5-6-15-14(13)9-12)10-16-7-1-2-8-16/h3-4,9,11,15,17H,1-2,5-8,10H2. The van der Waals surface area contributed by atoms with Crippen molar-refractivity contribution in [2.75, 3.05) is 31.5 Å². The van der Waals surface area contributed by atoms with Crippen molar-refractivity contribution in [3.8, 4) is 5.75 Å². The second kappa shape index (κ2) is 4.57. The van der Waals surface area contributed by atoms with Crippen LogP contribution in [-0.4, -0.2) is 36.2 Å². The van der Waals surface area contributed by atoms with Crippen LogP contribution in [-0.2, 0) is 0 Å². The Balaban J connectivity index is 1.78. The maximum atomic E-state index is 9.51. The number of rotatable bonds is 2. The van der Waals surface area contributed by atoms with Crippen molar-refractivity contribution in [1.82, 2.24) is 4.90 Å². The third-order valence-corrected chi connectivity index (χ3v) is 3.96. The largest absolute Gasteiger partial charge is 0.508 e. The van der Waals surface area contributed by atoms with Gasteiger partial charge in [-0.1, -0.05) is 6.07 Å². The molecule has 3 heteroatoms. The fourth-order valence-electron chi connectivity index (χ4n) is 3.06. The number of phenolic OH excluding ortho intramolecular Hbond substituents is 1. The summed E-state index contributed by atoms with van der Waals surface area (Å²) in [6.45, 7) is 4.73. The van der Waals surface area contributed by atoms with Gasteiger partial charge in [0.15, 0.2) is 0 Å². The third kappa shape index (κ3) is 2.25. The molecule has 92 valence electrons. The highest BCUT2D eigenvalue weighted by Crippen LogP contribution is 2.34. The molecule has 3 nitrogen and oxygen atoms in total. The summed E-state index contributed by atoms with van der Waals surface area (Å²) in [7, 11) is 0. The number of aromatic hydroxyl groups is 1. The van der Waals surface area contributed by atoms with Gasteiger partial charge in [0.1, 0.15) is 5.75 Å². The second-order valence-electron chi connectivity index (χ2n) is 5.19. The van der Waals surface area contributed by atoms with Crippen LogP contribution in [0.4, 0.5) is 5.69 Å². The summed E-state index contributed by atoms with van der Waals surface area (Å²) in [6, 6.07) is 5.74. The molecule has 0 spiro atoms. The highest BCUT2D eigenvalue weighted by atomic mass is 16.3. The minimum Gasteiger partial charge on any atom is -0.508 e. The van der Waals surface area contributed by atoms with E-state index in [0.717, 1.165) is 12.2 Å². The molecule has 0 aromatic heterocycles. The first-order valence-electron chi connectivity index (χ1n) is 6.62. The molecular weight excluding hydrogens is 212 g/mol. The van der Waals surface area contributed by atoms with Gasteiger partial charge in [-0.25, -0.2) is 0 Å². The van der Waals surface area contributed by atoms with Crippen LogP contribution >= 0.6 is 0 Å². The number of likely N-dealkylation sites (tertiary alicyclic amines) is 1. The summed E-state index contributed by atoms with van der Waals surface area (Å²) in [5.41, 5.74) is 2.50. The van der Waals surface area contributed by atoms with E-state index in [4.69, 9.17) is 0 Å². The summed E-state index contributed by atoms with van der Waals surface area (Å²) < 4.78 is 0. The molecule has 2 heterocycles. The molecule has 0 aliphatic carbocycles. The van der Waals surface area contributed by atoms with Crippen LogP contribution in [0.1, 0.15) is 30.7 Å². The number of nitrogens with zero attached hydrogens (tertiary/aromatic N) is 1. The summed E-state index contributed by atoms with van der Waals surface area (Å²) >= 11 is 0. The van der Waals surface area contributed by atoms with Crippen LogP contribution in [0.2, 0.25) is 0 Å². The number of benzene rings is 1. The molecule has 0 bridgehead atoms. The first-order valence-corrected chi connectivity index (χ1v) is 6.62. The van der Waals surface area contributed by atoms with Crippen molar-refractivity contribution < 1.29 is 5.11 Å². The molecule has 2 N–H and O–H groups in total. The Hall–Kier alpha value is -1.22. The average molecular weight is 232 g/mol. The van der Waals surface area contributed by atoms with Gasteiger partial charge in [-0.05, 0) is 44.0 Å². The lowest BCUT2D eigenvalue weighted by atomic mass is 9.90. The van der Waals surface area contributed by atoms with E-state index in [0.29, 0.717) is 11.7 Å². The zero-order valence-corrected chi connectivity index (χ0v) is 10.2. The molecule has 0 radical (unpaired) electrons. The molecule has 1 fully saturated rings. The quantitative estimate of drug-likeness (QED) is 0.822. The van der Waals surface area contributed by atoms with Crippen molar-refractivity contribution in [1.29, 1.82) is 0 Å². The molecule has 3 rings (SSSR count). The van der Waals surface area contributed by atoms with E-state index in [1.807, 2.05) is 12.1 Å².